The summed E-state index contributed by atoms with van der Waals surface area (Å²) in [6.07, 6.45) is 3.16. The largest absolute Gasteiger partial charge is 0.494 e. The van der Waals surface area contributed by atoms with Crippen molar-refractivity contribution < 1.29 is 14.3 Å². The van der Waals surface area contributed by atoms with Crippen LogP contribution in [0.25, 0.3) is 6.08 Å². The summed E-state index contributed by atoms with van der Waals surface area (Å²) in [6.45, 7) is 2.52. The average molecular weight is 338 g/mol. The van der Waals surface area contributed by atoms with E-state index >= 15 is 0 Å². The third-order valence-corrected chi connectivity index (χ3v) is 3.42. The summed E-state index contributed by atoms with van der Waals surface area (Å²) >= 11 is 0. The first-order valence-electron chi connectivity index (χ1n) is 8.03. The molecule has 0 aromatic heterocycles. The predicted octanol–water partition coefficient (Wildman–Crippen LogP) is 3.44. The van der Waals surface area contributed by atoms with Gasteiger partial charge in [0.15, 0.2) is 0 Å². The fourth-order valence-corrected chi connectivity index (χ4v) is 2.15. The molecule has 2 aromatic rings. The number of carbonyl (C=O) groups excluding carboxylic acids is 2. The predicted molar refractivity (Wildman–Crippen MR) is 99.7 cm³/mol. The molecule has 0 radical (unpaired) electrons. The topological polar surface area (TPSA) is 58.6 Å². The Bertz CT molecular complexity index is 748. The van der Waals surface area contributed by atoms with Crippen LogP contribution in [0.2, 0.25) is 0 Å². The number of rotatable bonds is 6. The highest BCUT2D eigenvalue weighted by Gasteiger charge is 2.06. The van der Waals surface area contributed by atoms with Crippen molar-refractivity contribution in [2.24, 2.45) is 0 Å². The molecule has 0 fully saturated rings. The SMILES string of the molecule is CCOc1ccc(NC(=O)/C=C/c2ccc(C(=O)N(C)C)cc2)cc1. The first-order chi connectivity index (χ1) is 12.0. The van der Waals surface area contributed by atoms with Gasteiger partial charge in [0, 0.05) is 31.4 Å². The Kier molecular flexibility index (Phi) is 6.34. The number of carbonyl (C=O) groups is 2. The summed E-state index contributed by atoms with van der Waals surface area (Å²) in [5.41, 5.74) is 2.16. The minimum Gasteiger partial charge on any atom is -0.494 e. The molecule has 0 aliphatic carbocycles. The normalized spacial score (nSPS) is 10.5. The van der Waals surface area contributed by atoms with E-state index in [1.165, 1.54) is 11.0 Å². The van der Waals surface area contributed by atoms with Gasteiger partial charge >= 0.3 is 0 Å². The first-order valence-corrected chi connectivity index (χ1v) is 8.03. The van der Waals surface area contributed by atoms with Crippen molar-refractivity contribution in [3.8, 4) is 5.75 Å². The van der Waals surface area contributed by atoms with E-state index in [0.29, 0.717) is 17.9 Å². The molecule has 0 saturated heterocycles. The standard InChI is InChI=1S/C20H22N2O3/c1-4-25-18-12-10-17(11-13-18)21-19(23)14-7-15-5-8-16(9-6-15)20(24)22(2)3/h5-14H,4H2,1-3H3,(H,21,23)/b14-7+. The number of ether oxygens (including phenoxy) is 1. The van der Waals surface area contributed by atoms with E-state index < -0.39 is 0 Å². The molecule has 0 atom stereocenters. The van der Waals surface area contributed by atoms with E-state index in [-0.39, 0.29) is 11.8 Å². The smallest absolute Gasteiger partial charge is 0.253 e. The zero-order valence-corrected chi connectivity index (χ0v) is 14.7. The van der Waals surface area contributed by atoms with Crippen molar-refractivity contribution in [3.63, 3.8) is 0 Å². The van der Waals surface area contributed by atoms with Gasteiger partial charge in [-0.15, -0.1) is 0 Å². The molecule has 2 amide bonds. The zero-order valence-electron chi connectivity index (χ0n) is 14.7. The van der Waals surface area contributed by atoms with Crippen LogP contribution in [0.15, 0.2) is 54.6 Å². The lowest BCUT2D eigenvalue weighted by atomic mass is 10.1. The lowest BCUT2D eigenvalue weighted by Gasteiger charge is -2.09. The van der Waals surface area contributed by atoms with Crippen molar-refractivity contribution >= 4 is 23.6 Å². The van der Waals surface area contributed by atoms with Crippen LogP contribution >= 0.6 is 0 Å². The summed E-state index contributed by atoms with van der Waals surface area (Å²) in [5, 5.41) is 2.78. The van der Waals surface area contributed by atoms with Crippen LogP contribution in [0.3, 0.4) is 0 Å². The number of hydrogen-bond donors (Lipinski definition) is 1. The number of anilines is 1. The Morgan fingerprint density at radius 2 is 1.68 bits per heavy atom. The van der Waals surface area contributed by atoms with Gasteiger partial charge in [-0.25, -0.2) is 0 Å². The van der Waals surface area contributed by atoms with Gasteiger partial charge in [-0.1, -0.05) is 12.1 Å². The molecule has 0 saturated carbocycles. The van der Waals surface area contributed by atoms with Crippen molar-refractivity contribution in [1.82, 2.24) is 4.90 Å². The highest BCUT2D eigenvalue weighted by atomic mass is 16.5. The summed E-state index contributed by atoms with van der Waals surface area (Å²) in [6, 6.07) is 14.3. The molecule has 2 rings (SSSR count). The van der Waals surface area contributed by atoms with Crippen molar-refractivity contribution in [2.75, 3.05) is 26.0 Å². The third kappa shape index (κ3) is 5.49. The van der Waals surface area contributed by atoms with E-state index in [1.54, 1.807) is 56.6 Å². The molecule has 5 nitrogen and oxygen atoms in total. The van der Waals surface area contributed by atoms with Gasteiger partial charge in [-0.2, -0.15) is 0 Å². The van der Waals surface area contributed by atoms with Crippen LogP contribution in [0.1, 0.15) is 22.8 Å². The third-order valence-electron chi connectivity index (χ3n) is 3.42. The maximum Gasteiger partial charge on any atom is 0.253 e. The molecule has 0 bridgehead atoms. The summed E-state index contributed by atoms with van der Waals surface area (Å²) in [5.74, 6) is 0.491. The quantitative estimate of drug-likeness (QED) is 0.821. The Morgan fingerprint density at radius 3 is 2.24 bits per heavy atom. The van der Waals surface area contributed by atoms with Crippen molar-refractivity contribution in [2.45, 2.75) is 6.92 Å². The Morgan fingerprint density at radius 1 is 1.04 bits per heavy atom. The molecule has 0 aliphatic heterocycles. The second-order valence-corrected chi connectivity index (χ2v) is 5.60. The molecule has 1 N–H and O–H groups in total. The highest BCUT2D eigenvalue weighted by molar-refractivity contribution is 6.02. The second-order valence-electron chi connectivity index (χ2n) is 5.60. The molecule has 0 spiro atoms. The number of benzene rings is 2. The lowest BCUT2D eigenvalue weighted by Crippen LogP contribution is -2.21. The van der Waals surface area contributed by atoms with E-state index in [9.17, 15) is 9.59 Å². The monoisotopic (exact) mass is 338 g/mol. The molecule has 2 aromatic carbocycles. The van der Waals surface area contributed by atoms with E-state index in [2.05, 4.69) is 5.32 Å². The van der Waals surface area contributed by atoms with Crippen LogP contribution in [0.5, 0.6) is 5.75 Å². The number of hydrogen-bond acceptors (Lipinski definition) is 3. The average Bonchev–Trinajstić information content (AvgIpc) is 2.61. The molecule has 25 heavy (non-hydrogen) atoms. The molecule has 130 valence electrons. The summed E-state index contributed by atoms with van der Waals surface area (Å²) in [7, 11) is 3.42. The molecular weight excluding hydrogens is 316 g/mol. The first kappa shape index (κ1) is 18.3. The van der Waals surface area contributed by atoms with Crippen LogP contribution in [-0.2, 0) is 4.79 Å². The molecule has 0 heterocycles. The minimum absolute atomic E-state index is 0.0521. The fraction of sp³-hybridized carbons (Fsp3) is 0.200. The number of amides is 2. The zero-order chi connectivity index (χ0) is 18.2. The van der Waals surface area contributed by atoms with Crippen LogP contribution < -0.4 is 10.1 Å². The van der Waals surface area contributed by atoms with Crippen LogP contribution in [0.4, 0.5) is 5.69 Å². The molecule has 0 unspecified atom stereocenters. The molecule has 5 heteroatoms. The summed E-state index contributed by atoms with van der Waals surface area (Å²) < 4.78 is 5.36. The Hall–Kier alpha value is -3.08. The number of nitrogens with zero attached hydrogens (tertiary/aromatic N) is 1. The van der Waals surface area contributed by atoms with E-state index in [1.807, 2.05) is 19.1 Å². The van der Waals surface area contributed by atoms with Gasteiger partial charge in [-0.05, 0) is 55.0 Å². The van der Waals surface area contributed by atoms with Crippen molar-refractivity contribution in [3.05, 3.63) is 65.7 Å². The van der Waals surface area contributed by atoms with Crippen LogP contribution in [-0.4, -0.2) is 37.4 Å². The second kappa shape index (κ2) is 8.68. The van der Waals surface area contributed by atoms with Crippen molar-refractivity contribution in [1.29, 1.82) is 0 Å². The maximum atomic E-state index is 12.0. The van der Waals surface area contributed by atoms with Gasteiger partial charge in [0.05, 0.1) is 6.61 Å². The Balaban J connectivity index is 1.94. The van der Waals surface area contributed by atoms with Gasteiger partial charge in [0.1, 0.15) is 5.75 Å². The molecular formula is C20H22N2O3. The Labute approximate surface area is 147 Å². The van der Waals surface area contributed by atoms with Gasteiger partial charge in [0.25, 0.3) is 5.91 Å². The number of nitrogens with one attached hydrogen (secondary N) is 1. The van der Waals surface area contributed by atoms with Gasteiger partial charge < -0.3 is 15.0 Å². The van der Waals surface area contributed by atoms with Crippen LogP contribution in [0, 0.1) is 0 Å². The fourth-order valence-electron chi connectivity index (χ4n) is 2.15. The van der Waals surface area contributed by atoms with Gasteiger partial charge in [-0.3, -0.25) is 9.59 Å². The minimum atomic E-state index is -0.224. The van der Waals surface area contributed by atoms with Gasteiger partial charge in [0.2, 0.25) is 5.91 Å². The molecule has 0 aliphatic rings. The summed E-state index contributed by atoms with van der Waals surface area (Å²) in [4.78, 5) is 25.3. The highest BCUT2D eigenvalue weighted by Crippen LogP contribution is 2.15. The van der Waals surface area contributed by atoms with E-state index in [0.717, 1.165) is 11.3 Å². The van der Waals surface area contributed by atoms with E-state index in [4.69, 9.17) is 4.74 Å². The lowest BCUT2D eigenvalue weighted by molar-refractivity contribution is -0.111. The maximum absolute atomic E-state index is 12.0.